The van der Waals surface area contributed by atoms with Crippen LogP contribution < -0.4 is 14.9 Å². The molecule has 28 heavy (non-hydrogen) atoms. The van der Waals surface area contributed by atoms with Crippen molar-refractivity contribution in [3.05, 3.63) is 51.5 Å². The number of halogens is 2. The molecule has 0 bridgehead atoms. The summed E-state index contributed by atoms with van der Waals surface area (Å²) in [5, 5.41) is 4.69. The van der Waals surface area contributed by atoms with Gasteiger partial charge in [-0.3, -0.25) is 4.79 Å². The molecule has 0 saturated heterocycles. The summed E-state index contributed by atoms with van der Waals surface area (Å²) in [5.41, 5.74) is 3.30. The Kier molecular flexibility index (Phi) is 9.15. The molecular weight excluding hydrogens is 464 g/mol. The van der Waals surface area contributed by atoms with Gasteiger partial charge in [0.1, 0.15) is 0 Å². The lowest BCUT2D eigenvalue weighted by molar-refractivity contribution is -0.118. The van der Waals surface area contributed by atoms with Crippen LogP contribution in [0.4, 0.5) is 0 Å². The summed E-state index contributed by atoms with van der Waals surface area (Å²) in [6.45, 7) is 6.33. The molecule has 0 unspecified atom stereocenters. The molecule has 0 fully saturated rings. The molecule has 8 heteroatoms. The monoisotopic (exact) mass is 484 g/mol. The molecule has 0 saturated carbocycles. The van der Waals surface area contributed by atoms with Gasteiger partial charge in [0.15, 0.2) is 11.5 Å². The summed E-state index contributed by atoms with van der Waals surface area (Å²) >= 11 is 10.8. The summed E-state index contributed by atoms with van der Waals surface area (Å²) in [4.78, 5) is 12.9. The molecule has 0 radical (unpaired) electrons. The average molecular weight is 486 g/mol. The van der Waals surface area contributed by atoms with Crippen LogP contribution in [0.5, 0.6) is 11.5 Å². The van der Waals surface area contributed by atoms with Crippen LogP contribution >= 0.6 is 39.3 Å². The molecule has 5 nitrogen and oxygen atoms in total. The molecule has 0 spiro atoms. The lowest BCUT2D eigenvalue weighted by Gasteiger charge is -2.16. The standard InChI is InChI=1S/C20H22BrClN2O3S/c1-4-26-18-10-14(9-17(21)20(18)27-13(2)3)11-23-24-19(25)12-28-16-7-5-15(22)6-8-16/h5-11,13H,4,12H2,1-3H3,(H,24,25)/b23-11-. The van der Waals surface area contributed by atoms with Crippen molar-refractivity contribution in [2.45, 2.75) is 31.8 Å². The Labute approximate surface area is 183 Å². The van der Waals surface area contributed by atoms with Gasteiger partial charge in [0.05, 0.1) is 29.2 Å². The van der Waals surface area contributed by atoms with Crippen molar-refractivity contribution >= 4 is 51.4 Å². The number of nitrogens with one attached hydrogen (secondary N) is 1. The predicted molar refractivity (Wildman–Crippen MR) is 119 cm³/mol. The van der Waals surface area contributed by atoms with E-state index in [9.17, 15) is 4.79 Å². The van der Waals surface area contributed by atoms with Crippen LogP contribution in [0.15, 0.2) is 50.9 Å². The van der Waals surface area contributed by atoms with Crippen molar-refractivity contribution < 1.29 is 14.3 Å². The van der Waals surface area contributed by atoms with Crippen LogP contribution in [-0.4, -0.2) is 30.6 Å². The lowest BCUT2D eigenvalue weighted by atomic mass is 10.2. The molecule has 2 aromatic carbocycles. The fraction of sp³-hybridized carbons (Fsp3) is 0.300. The Morgan fingerprint density at radius 2 is 2.04 bits per heavy atom. The molecule has 2 rings (SSSR count). The van der Waals surface area contributed by atoms with Crippen molar-refractivity contribution in [3.8, 4) is 11.5 Å². The highest BCUT2D eigenvalue weighted by Gasteiger charge is 2.13. The molecule has 1 N–H and O–H groups in total. The number of hydrogen-bond acceptors (Lipinski definition) is 5. The summed E-state index contributed by atoms with van der Waals surface area (Å²) in [6, 6.07) is 11.0. The number of carbonyl (C=O) groups is 1. The van der Waals surface area contributed by atoms with Gasteiger partial charge in [-0.2, -0.15) is 5.10 Å². The number of hydrogen-bond donors (Lipinski definition) is 1. The maximum atomic E-state index is 12.0. The van der Waals surface area contributed by atoms with Gasteiger partial charge < -0.3 is 9.47 Å². The molecular formula is C20H22BrClN2O3S. The Morgan fingerprint density at radius 1 is 1.32 bits per heavy atom. The third-order valence-corrected chi connectivity index (χ3v) is 5.12. The second kappa shape index (κ2) is 11.3. The molecule has 0 aliphatic rings. The van der Waals surface area contributed by atoms with Crippen molar-refractivity contribution in [2.24, 2.45) is 5.10 Å². The number of thioether (sulfide) groups is 1. The van der Waals surface area contributed by atoms with Crippen molar-refractivity contribution in [3.63, 3.8) is 0 Å². The highest BCUT2D eigenvalue weighted by atomic mass is 79.9. The lowest BCUT2D eigenvalue weighted by Crippen LogP contribution is -2.19. The van der Waals surface area contributed by atoms with Crippen LogP contribution in [-0.2, 0) is 4.79 Å². The SMILES string of the molecule is CCOc1cc(/C=N\NC(=O)CSc2ccc(Cl)cc2)cc(Br)c1OC(C)C. The van der Waals surface area contributed by atoms with Gasteiger partial charge in [-0.1, -0.05) is 11.6 Å². The third kappa shape index (κ3) is 7.37. The Hall–Kier alpha value is -1.70. The molecule has 150 valence electrons. The zero-order chi connectivity index (χ0) is 20.5. The first-order valence-electron chi connectivity index (χ1n) is 8.72. The first-order chi connectivity index (χ1) is 13.4. The Bertz CT molecular complexity index is 829. The minimum Gasteiger partial charge on any atom is -0.490 e. The Morgan fingerprint density at radius 3 is 2.68 bits per heavy atom. The number of rotatable bonds is 9. The van der Waals surface area contributed by atoms with Crippen LogP contribution in [0.25, 0.3) is 0 Å². The number of carbonyl (C=O) groups excluding carboxylic acids is 1. The van der Waals surface area contributed by atoms with E-state index in [0.717, 1.165) is 14.9 Å². The average Bonchev–Trinajstić information content (AvgIpc) is 2.64. The second-order valence-corrected chi connectivity index (χ2v) is 8.30. The van der Waals surface area contributed by atoms with Gasteiger partial charge in [0.25, 0.3) is 0 Å². The number of benzene rings is 2. The molecule has 1 amide bonds. The van der Waals surface area contributed by atoms with E-state index in [4.69, 9.17) is 21.1 Å². The normalized spacial score (nSPS) is 11.1. The van der Waals surface area contributed by atoms with Gasteiger partial charge in [0, 0.05) is 9.92 Å². The van der Waals surface area contributed by atoms with E-state index in [1.165, 1.54) is 11.8 Å². The van der Waals surface area contributed by atoms with Crippen molar-refractivity contribution in [1.29, 1.82) is 0 Å². The quantitative estimate of drug-likeness (QED) is 0.288. The summed E-state index contributed by atoms with van der Waals surface area (Å²) in [7, 11) is 0. The van der Waals surface area contributed by atoms with Crippen LogP contribution in [0.1, 0.15) is 26.3 Å². The molecule has 0 aliphatic heterocycles. The molecule has 0 aromatic heterocycles. The number of hydrazone groups is 1. The Balaban J connectivity index is 1.96. The van der Waals surface area contributed by atoms with E-state index in [1.807, 2.05) is 45.0 Å². The molecule has 0 atom stereocenters. The number of amides is 1. The highest BCUT2D eigenvalue weighted by Crippen LogP contribution is 2.37. The van der Waals surface area contributed by atoms with Crippen LogP contribution in [0.3, 0.4) is 0 Å². The van der Waals surface area contributed by atoms with E-state index in [0.29, 0.717) is 23.1 Å². The van der Waals surface area contributed by atoms with Gasteiger partial charge in [-0.25, -0.2) is 5.43 Å². The smallest absolute Gasteiger partial charge is 0.250 e. The van der Waals surface area contributed by atoms with Gasteiger partial charge in [-0.15, -0.1) is 11.8 Å². The van der Waals surface area contributed by atoms with Gasteiger partial charge >= 0.3 is 0 Å². The molecule has 2 aromatic rings. The first kappa shape index (κ1) is 22.6. The highest BCUT2D eigenvalue weighted by molar-refractivity contribution is 9.10. The fourth-order valence-electron chi connectivity index (χ4n) is 2.17. The number of ether oxygens (including phenoxy) is 2. The van der Waals surface area contributed by atoms with E-state index in [-0.39, 0.29) is 17.8 Å². The second-order valence-electron chi connectivity index (χ2n) is 5.97. The largest absolute Gasteiger partial charge is 0.490 e. The van der Waals surface area contributed by atoms with Gasteiger partial charge in [-0.05, 0) is 78.7 Å². The summed E-state index contributed by atoms with van der Waals surface area (Å²) in [5.74, 6) is 1.34. The first-order valence-corrected chi connectivity index (χ1v) is 10.9. The van der Waals surface area contributed by atoms with E-state index in [1.54, 1.807) is 18.3 Å². The maximum Gasteiger partial charge on any atom is 0.250 e. The molecule has 0 heterocycles. The van der Waals surface area contributed by atoms with E-state index >= 15 is 0 Å². The fourth-order valence-corrected chi connectivity index (χ4v) is 3.54. The van der Waals surface area contributed by atoms with Gasteiger partial charge in [0.2, 0.25) is 5.91 Å². The van der Waals surface area contributed by atoms with Crippen molar-refractivity contribution in [2.75, 3.05) is 12.4 Å². The van der Waals surface area contributed by atoms with Crippen molar-refractivity contribution in [1.82, 2.24) is 5.43 Å². The minimum absolute atomic E-state index is 0.0208. The number of nitrogens with zero attached hydrogens (tertiary/aromatic N) is 1. The predicted octanol–water partition coefficient (Wildman–Crippen LogP) is 5.53. The third-order valence-electron chi connectivity index (χ3n) is 3.27. The maximum absolute atomic E-state index is 12.0. The van der Waals surface area contributed by atoms with Crippen LogP contribution in [0.2, 0.25) is 5.02 Å². The summed E-state index contributed by atoms with van der Waals surface area (Å²) in [6.07, 6.45) is 1.59. The topological polar surface area (TPSA) is 59.9 Å². The summed E-state index contributed by atoms with van der Waals surface area (Å²) < 4.78 is 12.2. The van der Waals surface area contributed by atoms with E-state index in [2.05, 4.69) is 26.5 Å². The molecule has 0 aliphatic carbocycles. The zero-order valence-electron chi connectivity index (χ0n) is 15.9. The minimum atomic E-state index is -0.194. The zero-order valence-corrected chi connectivity index (χ0v) is 19.0. The van der Waals surface area contributed by atoms with Crippen LogP contribution in [0, 0.1) is 0 Å². The van der Waals surface area contributed by atoms with E-state index < -0.39 is 0 Å².